The van der Waals surface area contributed by atoms with Gasteiger partial charge in [0.15, 0.2) is 12.6 Å². The number of carbonyl (C=O) groups is 4. The summed E-state index contributed by atoms with van der Waals surface area (Å²) in [6.07, 6.45) is 1.81. The van der Waals surface area contributed by atoms with Gasteiger partial charge < -0.3 is 19.7 Å². The van der Waals surface area contributed by atoms with Crippen LogP contribution in [0.4, 0.5) is 0 Å². The number of aromatic hydroxyl groups is 2. The van der Waals surface area contributed by atoms with Crippen molar-refractivity contribution in [2.24, 2.45) is 0 Å². The van der Waals surface area contributed by atoms with Gasteiger partial charge in [-0.2, -0.15) is 0 Å². The lowest BCUT2D eigenvalue weighted by Crippen LogP contribution is -2.15. The van der Waals surface area contributed by atoms with Crippen molar-refractivity contribution >= 4 is 24.5 Å². The van der Waals surface area contributed by atoms with Gasteiger partial charge in [-0.15, -0.1) is 0 Å². The minimum Gasteiger partial charge on any atom is -0.507 e. The standard InChI is InChI=1S/C28H34O8/c1-27(2,3)21-13-19(11-17(15-29)25(21)33)35-23(31)9-7-8-10-24(32)36-20-12-18(16-30)26(34)22(14-20)28(4,5)6/h11-16,33-34H,7-10H2,1-6H3. The van der Waals surface area contributed by atoms with E-state index in [1.807, 2.05) is 41.5 Å². The average Bonchev–Trinajstić information content (AvgIpc) is 2.77. The van der Waals surface area contributed by atoms with Crippen molar-refractivity contribution in [2.75, 3.05) is 0 Å². The fourth-order valence-corrected chi connectivity index (χ4v) is 3.60. The van der Waals surface area contributed by atoms with Crippen molar-refractivity contribution in [3.63, 3.8) is 0 Å². The second kappa shape index (κ2) is 11.4. The van der Waals surface area contributed by atoms with Crippen LogP contribution in [0.3, 0.4) is 0 Å². The summed E-state index contributed by atoms with van der Waals surface area (Å²) in [6, 6.07) is 5.69. The number of esters is 2. The van der Waals surface area contributed by atoms with E-state index in [1.165, 1.54) is 24.3 Å². The number of hydrogen-bond acceptors (Lipinski definition) is 8. The van der Waals surface area contributed by atoms with E-state index in [0.29, 0.717) is 36.5 Å². The predicted molar refractivity (Wildman–Crippen MR) is 134 cm³/mol. The molecule has 0 saturated carbocycles. The molecular formula is C28H34O8. The molecule has 0 aromatic heterocycles. The van der Waals surface area contributed by atoms with Crippen molar-refractivity contribution in [1.29, 1.82) is 0 Å². The van der Waals surface area contributed by atoms with Crippen LogP contribution in [-0.4, -0.2) is 34.7 Å². The molecule has 0 aliphatic carbocycles. The number of rotatable bonds is 9. The van der Waals surface area contributed by atoms with E-state index in [4.69, 9.17) is 9.47 Å². The molecule has 2 N–H and O–H groups in total. The topological polar surface area (TPSA) is 127 Å². The van der Waals surface area contributed by atoms with E-state index in [9.17, 15) is 29.4 Å². The SMILES string of the molecule is CC(C)(C)c1cc(OC(=O)CCCCC(=O)Oc2cc(C=O)c(O)c(C(C)(C)C)c2)cc(C=O)c1O. The number of aldehydes is 2. The third kappa shape index (κ3) is 7.41. The number of hydrogen-bond donors (Lipinski definition) is 2. The summed E-state index contributed by atoms with van der Waals surface area (Å²) in [4.78, 5) is 47.2. The van der Waals surface area contributed by atoms with Gasteiger partial charge in [0.25, 0.3) is 0 Å². The van der Waals surface area contributed by atoms with Gasteiger partial charge in [0, 0.05) is 24.0 Å². The molecule has 8 heteroatoms. The minimum atomic E-state index is -0.533. The van der Waals surface area contributed by atoms with E-state index in [0.717, 1.165) is 0 Å². The molecule has 0 aliphatic heterocycles. The molecule has 8 nitrogen and oxygen atoms in total. The summed E-state index contributed by atoms with van der Waals surface area (Å²) in [5, 5.41) is 20.5. The summed E-state index contributed by atoms with van der Waals surface area (Å²) < 4.78 is 10.7. The van der Waals surface area contributed by atoms with Gasteiger partial charge in [-0.25, -0.2) is 0 Å². The lowest BCUT2D eigenvalue weighted by molar-refractivity contribution is -0.136. The number of benzene rings is 2. The first-order chi connectivity index (χ1) is 16.7. The third-order valence-electron chi connectivity index (χ3n) is 5.57. The Balaban J connectivity index is 1.94. The Labute approximate surface area is 211 Å². The quantitative estimate of drug-likeness (QED) is 0.204. The number of phenolic OH excluding ortho intramolecular Hbond substituents is 2. The predicted octanol–water partition coefficient (Wildman–Crippen LogP) is 5.39. The molecule has 0 unspecified atom stereocenters. The molecule has 0 aliphatic rings. The van der Waals surface area contributed by atoms with Gasteiger partial charge in [-0.3, -0.25) is 19.2 Å². The summed E-state index contributed by atoms with van der Waals surface area (Å²) >= 11 is 0. The fraction of sp³-hybridized carbons (Fsp3) is 0.429. The Hall–Kier alpha value is -3.68. The first kappa shape index (κ1) is 28.6. The number of ether oxygens (including phenoxy) is 2. The highest BCUT2D eigenvalue weighted by Crippen LogP contribution is 2.37. The highest BCUT2D eigenvalue weighted by atomic mass is 16.5. The zero-order valence-electron chi connectivity index (χ0n) is 21.6. The molecular weight excluding hydrogens is 464 g/mol. The molecule has 2 rings (SSSR count). The molecule has 0 heterocycles. The number of phenols is 2. The third-order valence-corrected chi connectivity index (χ3v) is 5.57. The summed E-state index contributed by atoms with van der Waals surface area (Å²) in [6.45, 7) is 11.2. The number of carbonyl (C=O) groups excluding carboxylic acids is 4. The zero-order valence-corrected chi connectivity index (χ0v) is 21.6. The van der Waals surface area contributed by atoms with Crippen LogP contribution in [0, 0.1) is 0 Å². The Morgan fingerprint density at radius 1 is 0.694 bits per heavy atom. The second-order valence-electron chi connectivity index (χ2n) is 10.7. The van der Waals surface area contributed by atoms with Gasteiger partial charge in [0.2, 0.25) is 0 Å². The first-order valence-corrected chi connectivity index (χ1v) is 11.7. The maximum absolute atomic E-state index is 12.3. The molecule has 0 atom stereocenters. The number of unbranched alkanes of at least 4 members (excludes halogenated alkanes) is 1. The van der Waals surface area contributed by atoms with Crippen LogP contribution in [-0.2, 0) is 20.4 Å². The van der Waals surface area contributed by atoms with Crippen molar-refractivity contribution in [3.8, 4) is 23.0 Å². The largest absolute Gasteiger partial charge is 0.507 e. The van der Waals surface area contributed by atoms with Gasteiger partial charge in [0.1, 0.15) is 23.0 Å². The van der Waals surface area contributed by atoms with Gasteiger partial charge in [-0.1, -0.05) is 41.5 Å². The molecule has 2 aromatic carbocycles. The Morgan fingerprint density at radius 2 is 1.03 bits per heavy atom. The molecule has 0 saturated heterocycles. The van der Waals surface area contributed by atoms with E-state index >= 15 is 0 Å². The van der Waals surface area contributed by atoms with Crippen molar-refractivity contribution in [2.45, 2.75) is 78.1 Å². The van der Waals surface area contributed by atoms with Crippen LogP contribution < -0.4 is 9.47 Å². The average molecular weight is 499 g/mol. The second-order valence-corrected chi connectivity index (χ2v) is 10.7. The van der Waals surface area contributed by atoms with Gasteiger partial charge >= 0.3 is 11.9 Å². The molecule has 0 bridgehead atoms. The van der Waals surface area contributed by atoms with Crippen LogP contribution in [0.5, 0.6) is 23.0 Å². The Bertz CT molecular complexity index is 1060. The minimum absolute atomic E-state index is 0.0366. The molecule has 0 radical (unpaired) electrons. The van der Waals surface area contributed by atoms with Crippen molar-refractivity contribution < 1.29 is 38.9 Å². The van der Waals surface area contributed by atoms with Gasteiger partial charge in [0.05, 0.1) is 11.1 Å². The lowest BCUT2D eigenvalue weighted by Gasteiger charge is -2.22. The summed E-state index contributed by atoms with van der Waals surface area (Å²) in [5.41, 5.74) is 0.104. The smallest absolute Gasteiger partial charge is 0.311 e. The molecule has 36 heavy (non-hydrogen) atoms. The maximum Gasteiger partial charge on any atom is 0.311 e. The monoisotopic (exact) mass is 498 g/mol. The Morgan fingerprint density at radius 3 is 1.31 bits per heavy atom. The van der Waals surface area contributed by atoms with E-state index < -0.39 is 22.8 Å². The van der Waals surface area contributed by atoms with E-state index in [2.05, 4.69) is 0 Å². The highest BCUT2D eigenvalue weighted by molar-refractivity contribution is 5.83. The van der Waals surface area contributed by atoms with Gasteiger partial charge in [-0.05, 0) is 47.9 Å². The normalized spacial score (nSPS) is 11.6. The fourth-order valence-electron chi connectivity index (χ4n) is 3.60. The van der Waals surface area contributed by atoms with Crippen LogP contribution in [0.15, 0.2) is 24.3 Å². The molecule has 0 fully saturated rings. The summed E-state index contributed by atoms with van der Waals surface area (Å²) in [5.74, 6) is -1.02. The van der Waals surface area contributed by atoms with Crippen LogP contribution in [0.25, 0.3) is 0 Å². The lowest BCUT2D eigenvalue weighted by atomic mass is 9.85. The zero-order chi connectivity index (χ0) is 27.3. The van der Waals surface area contributed by atoms with Crippen molar-refractivity contribution in [3.05, 3.63) is 46.5 Å². The van der Waals surface area contributed by atoms with Crippen LogP contribution in [0.2, 0.25) is 0 Å². The van der Waals surface area contributed by atoms with E-state index in [1.54, 1.807) is 0 Å². The highest BCUT2D eigenvalue weighted by Gasteiger charge is 2.24. The molecule has 2 aromatic rings. The first-order valence-electron chi connectivity index (χ1n) is 11.7. The molecule has 0 spiro atoms. The molecule has 194 valence electrons. The Kier molecular flexibility index (Phi) is 9.02. The van der Waals surface area contributed by atoms with Crippen molar-refractivity contribution in [1.82, 2.24) is 0 Å². The molecule has 0 amide bonds. The van der Waals surface area contributed by atoms with Crippen LogP contribution >= 0.6 is 0 Å². The summed E-state index contributed by atoms with van der Waals surface area (Å²) in [7, 11) is 0. The van der Waals surface area contributed by atoms with Crippen LogP contribution in [0.1, 0.15) is 99.1 Å². The maximum atomic E-state index is 12.3. The van der Waals surface area contributed by atoms with E-state index in [-0.39, 0.29) is 47.0 Å².